The van der Waals surface area contributed by atoms with Crippen molar-refractivity contribution >= 4 is 33.2 Å². The summed E-state index contributed by atoms with van der Waals surface area (Å²) in [6.45, 7) is 1.36. The summed E-state index contributed by atoms with van der Waals surface area (Å²) in [5.41, 5.74) is 1.77. The Morgan fingerprint density at radius 2 is 1.89 bits per heavy atom. The van der Waals surface area contributed by atoms with Gasteiger partial charge in [0.25, 0.3) is 0 Å². The van der Waals surface area contributed by atoms with Gasteiger partial charge in [0.15, 0.2) is 0 Å². The summed E-state index contributed by atoms with van der Waals surface area (Å²) in [6, 6.07) is 11.2. The molecule has 2 amide bonds. The summed E-state index contributed by atoms with van der Waals surface area (Å²) in [7, 11) is -1.01. The lowest BCUT2D eigenvalue weighted by atomic mass is 10.0. The molecule has 0 aliphatic carbocycles. The number of nitrogens with one attached hydrogen (secondary N) is 2. The highest BCUT2D eigenvalue weighted by molar-refractivity contribution is 7.89. The molecule has 1 atom stereocenters. The predicted molar refractivity (Wildman–Crippen MR) is 105 cm³/mol. The molecular formula is C19H21N3O5S. The standard InChI is InChI=1S/C19H21N3O5S/c1-12-16-10-15(8-9-17(16)21-19(12)24)28(25,26)22(2)11-18(23)20-13-4-6-14(27-3)7-5-13/h4-10,12H,11H2,1-3H3,(H,20,23)(H,21,24)/t12-/m0/s1. The number of anilines is 2. The normalized spacial score (nSPS) is 15.9. The second kappa shape index (κ2) is 7.61. The number of carbonyl (C=O) groups excluding carboxylic acids is 2. The van der Waals surface area contributed by atoms with Crippen molar-refractivity contribution in [3.8, 4) is 5.75 Å². The Balaban J connectivity index is 1.71. The van der Waals surface area contributed by atoms with Gasteiger partial charge in [-0.25, -0.2) is 8.42 Å². The van der Waals surface area contributed by atoms with E-state index in [1.807, 2.05) is 0 Å². The van der Waals surface area contributed by atoms with Gasteiger partial charge < -0.3 is 15.4 Å². The Morgan fingerprint density at radius 1 is 1.21 bits per heavy atom. The Morgan fingerprint density at radius 3 is 2.54 bits per heavy atom. The molecule has 2 N–H and O–H groups in total. The van der Waals surface area contributed by atoms with Gasteiger partial charge in [0, 0.05) is 18.4 Å². The van der Waals surface area contributed by atoms with Crippen LogP contribution in [0.2, 0.25) is 0 Å². The molecular weight excluding hydrogens is 382 g/mol. The summed E-state index contributed by atoms with van der Waals surface area (Å²) in [5, 5.41) is 5.35. The summed E-state index contributed by atoms with van der Waals surface area (Å²) in [5.74, 6) is -0.412. The van der Waals surface area contributed by atoms with E-state index in [0.29, 0.717) is 22.7 Å². The van der Waals surface area contributed by atoms with Gasteiger partial charge in [-0.1, -0.05) is 0 Å². The fourth-order valence-corrected chi connectivity index (χ4v) is 4.06. The van der Waals surface area contributed by atoms with Crippen LogP contribution in [0.1, 0.15) is 18.4 Å². The number of carbonyl (C=O) groups is 2. The third-order valence-electron chi connectivity index (χ3n) is 4.59. The Kier molecular flexibility index (Phi) is 5.39. The molecule has 1 heterocycles. The van der Waals surface area contributed by atoms with Gasteiger partial charge in [-0.05, 0) is 55.0 Å². The molecule has 0 aromatic heterocycles. The van der Waals surface area contributed by atoms with Crippen LogP contribution in [0.25, 0.3) is 0 Å². The molecule has 2 aromatic carbocycles. The summed E-state index contributed by atoms with van der Waals surface area (Å²) < 4.78 is 31.7. The van der Waals surface area contributed by atoms with Crippen molar-refractivity contribution in [1.29, 1.82) is 0 Å². The lowest BCUT2D eigenvalue weighted by molar-refractivity contribution is -0.117. The number of amides is 2. The Bertz CT molecular complexity index is 1020. The molecule has 0 spiro atoms. The first-order valence-corrected chi connectivity index (χ1v) is 10.0. The predicted octanol–water partition coefficient (Wildman–Crippen LogP) is 2.01. The molecule has 0 saturated heterocycles. The molecule has 1 aliphatic rings. The van der Waals surface area contributed by atoms with Crippen molar-refractivity contribution in [1.82, 2.24) is 4.31 Å². The average molecular weight is 403 g/mol. The zero-order valence-corrected chi connectivity index (χ0v) is 16.5. The van der Waals surface area contributed by atoms with E-state index in [0.717, 1.165) is 4.31 Å². The number of ether oxygens (including phenoxy) is 1. The second-order valence-electron chi connectivity index (χ2n) is 6.50. The average Bonchev–Trinajstić information content (AvgIpc) is 2.95. The maximum Gasteiger partial charge on any atom is 0.243 e. The molecule has 9 heteroatoms. The van der Waals surface area contributed by atoms with Crippen molar-refractivity contribution in [3.63, 3.8) is 0 Å². The summed E-state index contributed by atoms with van der Waals surface area (Å²) >= 11 is 0. The van der Waals surface area contributed by atoms with Gasteiger partial charge in [-0.3, -0.25) is 9.59 Å². The lowest BCUT2D eigenvalue weighted by Crippen LogP contribution is -2.35. The number of benzene rings is 2. The highest BCUT2D eigenvalue weighted by Crippen LogP contribution is 2.34. The molecule has 148 valence electrons. The molecule has 0 bridgehead atoms. The molecule has 1 aliphatic heterocycles. The first-order valence-electron chi connectivity index (χ1n) is 8.57. The third-order valence-corrected chi connectivity index (χ3v) is 6.39. The third kappa shape index (κ3) is 3.85. The molecule has 0 radical (unpaired) electrons. The SMILES string of the molecule is COc1ccc(NC(=O)CN(C)S(=O)(=O)c2ccc3c(c2)[C@H](C)C(=O)N3)cc1. The van der Waals surface area contributed by atoms with E-state index >= 15 is 0 Å². The van der Waals surface area contributed by atoms with Crippen LogP contribution < -0.4 is 15.4 Å². The minimum Gasteiger partial charge on any atom is -0.497 e. The van der Waals surface area contributed by atoms with Crippen LogP contribution >= 0.6 is 0 Å². The van der Waals surface area contributed by atoms with E-state index in [1.54, 1.807) is 44.4 Å². The molecule has 8 nitrogen and oxygen atoms in total. The lowest BCUT2D eigenvalue weighted by Gasteiger charge is -2.17. The van der Waals surface area contributed by atoms with E-state index in [9.17, 15) is 18.0 Å². The Labute approximate surface area is 163 Å². The number of nitrogens with zero attached hydrogens (tertiary/aromatic N) is 1. The van der Waals surface area contributed by atoms with Crippen molar-refractivity contribution in [2.75, 3.05) is 31.3 Å². The second-order valence-corrected chi connectivity index (χ2v) is 8.54. The number of sulfonamides is 1. The monoisotopic (exact) mass is 403 g/mol. The fourth-order valence-electron chi connectivity index (χ4n) is 2.90. The van der Waals surface area contributed by atoms with Crippen LogP contribution in [0.3, 0.4) is 0 Å². The van der Waals surface area contributed by atoms with Gasteiger partial charge in [-0.2, -0.15) is 4.31 Å². The minimum atomic E-state index is -3.89. The van der Waals surface area contributed by atoms with Crippen LogP contribution in [0.4, 0.5) is 11.4 Å². The summed E-state index contributed by atoms with van der Waals surface area (Å²) in [6.07, 6.45) is 0. The van der Waals surface area contributed by atoms with Crippen molar-refractivity contribution in [3.05, 3.63) is 48.0 Å². The van der Waals surface area contributed by atoms with Crippen LogP contribution in [-0.4, -0.2) is 45.2 Å². The molecule has 0 saturated carbocycles. The van der Waals surface area contributed by atoms with Crippen molar-refractivity contribution in [2.45, 2.75) is 17.7 Å². The van der Waals surface area contributed by atoms with Crippen molar-refractivity contribution < 1.29 is 22.7 Å². The van der Waals surface area contributed by atoms with E-state index in [-0.39, 0.29) is 17.3 Å². The molecule has 2 aromatic rings. The molecule has 3 rings (SSSR count). The maximum absolute atomic E-state index is 12.8. The van der Waals surface area contributed by atoms with Gasteiger partial charge in [0.1, 0.15) is 5.75 Å². The Hall–Kier alpha value is -2.91. The smallest absolute Gasteiger partial charge is 0.243 e. The van der Waals surface area contributed by atoms with Crippen molar-refractivity contribution in [2.24, 2.45) is 0 Å². The van der Waals surface area contributed by atoms with Crippen LogP contribution in [0, 0.1) is 0 Å². The number of hydrogen-bond donors (Lipinski definition) is 2. The number of likely N-dealkylation sites (N-methyl/N-ethyl adjacent to an activating group) is 1. The quantitative estimate of drug-likeness (QED) is 0.768. The number of rotatable bonds is 6. The van der Waals surface area contributed by atoms with E-state index < -0.39 is 21.8 Å². The molecule has 28 heavy (non-hydrogen) atoms. The highest BCUT2D eigenvalue weighted by Gasteiger charge is 2.30. The zero-order chi connectivity index (χ0) is 20.5. The van der Waals surface area contributed by atoms with E-state index in [4.69, 9.17) is 4.74 Å². The van der Waals surface area contributed by atoms with Crippen LogP contribution in [-0.2, 0) is 19.6 Å². The van der Waals surface area contributed by atoms with Gasteiger partial charge in [-0.15, -0.1) is 0 Å². The van der Waals surface area contributed by atoms with Crippen LogP contribution in [0.15, 0.2) is 47.4 Å². The maximum atomic E-state index is 12.8. The van der Waals surface area contributed by atoms with Gasteiger partial charge in [0.2, 0.25) is 21.8 Å². The number of fused-ring (bicyclic) bond motifs is 1. The first kappa shape index (κ1) is 19.8. The highest BCUT2D eigenvalue weighted by atomic mass is 32.2. The van der Waals surface area contributed by atoms with Gasteiger partial charge >= 0.3 is 0 Å². The summed E-state index contributed by atoms with van der Waals surface area (Å²) in [4.78, 5) is 24.0. The van der Waals surface area contributed by atoms with E-state index in [2.05, 4.69) is 10.6 Å². The molecule has 0 unspecified atom stereocenters. The fraction of sp³-hybridized carbons (Fsp3) is 0.263. The van der Waals surface area contributed by atoms with E-state index in [1.165, 1.54) is 19.2 Å². The number of hydrogen-bond acceptors (Lipinski definition) is 5. The largest absolute Gasteiger partial charge is 0.497 e. The minimum absolute atomic E-state index is 0.0364. The topological polar surface area (TPSA) is 105 Å². The molecule has 0 fully saturated rings. The van der Waals surface area contributed by atoms with Crippen LogP contribution in [0.5, 0.6) is 5.75 Å². The number of methoxy groups -OCH3 is 1. The van der Waals surface area contributed by atoms with Gasteiger partial charge in [0.05, 0.1) is 24.5 Å². The zero-order valence-electron chi connectivity index (χ0n) is 15.7. The first-order chi connectivity index (χ1) is 13.2.